The van der Waals surface area contributed by atoms with E-state index in [1.807, 2.05) is 5.32 Å². The third-order valence-corrected chi connectivity index (χ3v) is 0.910. The molecular weight excluding hydrogens is 157 g/mol. The van der Waals surface area contributed by atoms with Gasteiger partial charge in [0.25, 0.3) is 6.03 Å². The van der Waals surface area contributed by atoms with Gasteiger partial charge < -0.3 is 20.6 Å². The number of carbonyl (C=O) groups is 2. The second-order valence-electron chi connectivity index (χ2n) is 1.56. The van der Waals surface area contributed by atoms with E-state index in [9.17, 15) is 9.59 Å². The number of nitrogens with two attached hydrogens (primary N) is 1. The monoisotopic (exact) mass is 161 g/mol. The largest absolute Gasteiger partial charge is 1.00 e. The molecule has 6 heteroatoms. The first-order chi connectivity index (χ1) is 4.74. The molecule has 52 valence electrons. The van der Waals surface area contributed by atoms with Crippen LogP contribution in [0.5, 0.6) is 0 Å². The van der Waals surface area contributed by atoms with Gasteiger partial charge in [-0.3, -0.25) is 4.99 Å². The average Bonchev–Trinajstić information content (AvgIpc) is 1.88. The number of aliphatic imine (C=N–C) groups is 1. The van der Waals surface area contributed by atoms with Gasteiger partial charge >= 0.3 is 29.6 Å². The van der Waals surface area contributed by atoms with Crippen LogP contribution in [0.25, 0.3) is 0 Å². The van der Waals surface area contributed by atoms with Gasteiger partial charge in [-0.2, -0.15) is 0 Å². The van der Waals surface area contributed by atoms with Crippen LogP contribution in [0.4, 0.5) is 4.79 Å². The summed E-state index contributed by atoms with van der Waals surface area (Å²) in [5.74, 6) is -0.567. The quantitative estimate of drug-likeness (QED) is 0.216. The summed E-state index contributed by atoms with van der Waals surface area (Å²) in [7, 11) is 0. The fraction of sp³-hybridized carbons (Fsp3) is 0. The molecule has 0 saturated carbocycles. The van der Waals surface area contributed by atoms with Gasteiger partial charge in [0.2, 0.25) is 0 Å². The van der Waals surface area contributed by atoms with Crippen molar-refractivity contribution in [1.82, 2.24) is 5.32 Å². The first-order valence-corrected chi connectivity index (χ1v) is 2.48. The summed E-state index contributed by atoms with van der Waals surface area (Å²) in [6.07, 6.45) is 3.20. The Hall–Kier alpha value is -0.650. The SMILES string of the molecule is N/C=C1\[C-]=NC(=O)NC1=O.[Na+]. The van der Waals surface area contributed by atoms with Crippen LogP contribution in [-0.4, -0.2) is 18.2 Å². The molecule has 0 aliphatic carbocycles. The Balaban J connectivity index is 0.000001000. The number of nitrogens with zero attached hydrogens (tertiary/aromatic N) is 1. The smallest absolute Gasteiger partial charge is 0.442 e. The van der Waals surface area contributed by atoms with Crippen molar-refractivity contribution in [3.63, 3.8) is 0 Å². The Bertz CT molecular complexity index is 246. The predicted octanol–water partition coefficient (Wildman–Crippen LogP) is -3.97. The molecular formula is C5H4N3NaO2. The van der Waals surface area contributed by atoms with Crippen molar-refractivity contribution in [2.24, 2.45) is 10.7 Å². The fourth-order valence-electron chi connectivity index (χ4n) is 0.467. The van der Waals surface area contributed by atoms with Crippen LogP contribution in [-0.2, 0) is 4.79 Å². The molecule has 0 atom stereocenters. The number of nitrogens with one attached hydrogen (secondary N) is 1. The van der Waals surface area contributed by atoms with E-state index in [0.29, 0.717) is 0 Å². The van der Waals surface area contributed by atoms with E-state index in [1.54, 1.807) is 0 Å². The molecule has 0 fully saturated rings. The minimum absolute atomic E-state index is 0. The van der Waals surface area contributed by atoms with Crippen molar-refractivity contribution < 1.29 is 39.1 Å². The summed E-state index contributed by atoms with van der Waals surface area (Å²) in [4.78, 5) is 24.1. The second kappa shape index (κ2) is 4.27. The van der Waals surface area contributed by atoms with Gasteiger partial charge in [0, 0.05) is 0 Å². The number of hydrogen-bond donors (Lipinski definition) is 2. The van der Waals surface area contributed by atoms with Crippen LogP contribution in [0.3, 0.4) is 0 Å². The molecule has 0 radical (unpaired) electrons. The molecule has 0 spiro atoms. The van der Waals surface area contributed by atoms with Gasteiger partial charge in [0.05, 0.1) is 0 Å². The zero-order valence-corrected chi connectivity index (χ0v) is 7.92. The van der Waals surface area contributed by atoms with Crippen LogP contribution in [0.15, 0.2) is 16.8 Å². The molecule has 0 bridgehead atoms. The van der Waals surface area contributed by atoms with Crippen LogP contribution >= 0.6 is 0 Å². The average molecular weight is 161 g/mol. The molecule has 0 unspecified atom stereocenters. The molecule has 0 aromatic carbocycles. The zero-order valence-electron chi connectivity index (χ0n) is 5.92. The number of urea groups is 1. The summed E-state index contributed by atoms with van der Waals surface area (Å²) < 4.78 is 0. The first kappa shape index (κ1) is 10.3. The third-order valence-electron chi connectivity index (χ3n) is 0.910. The van der Waals surface area contributed by atoms with E-state index < -0.39 is 11.9 Å². The Labute approximate surface area is 85.0 Å². The van der Waals surface area contributed by atoms with E-state index in [2.05, 4.69) is 11.2 Å². The fourth-order valence-corrected chi connectivity index (χ4v) is 0.467. The maximum atomic E-state index is 10.6. The molecule has 1 aliphatic rings. The summed E-state index contributed by atoms with van der Waals surface area (Å²) in [5.41, 5.74) is 5.05. The van der Waals surface area contributed by atoms with Crippen molar-refractivity contribution in [2.45, 2.75) is 0 Å². The number of rotatable bonds is 0. The van der Waals surface area contributed by atoms with E-state index in [1.165, 1.54) is 0 Å². The van der Waals surface area contributed by atoms with E-state index in [-0.39, 0.29) is 35.1 Å². The Morgan fingerprint density at radius 3 is 2.64 bits per heavy atom. The van der Waals surface area contributed by atoms with Crippen molar-refractivity contribution >= 4 is 18.2 Å². The van der Waals surface area contributed by atoms with Gasteiger partial charge in [-0.05, 0) is 6.21 Å². The van der Waals surface area contributed by atoms with Crippen molar-refractivity contribution in [1.29, 1.82) is 0 Å². The zero-order chi connectivity index (χ0) is 7.56. The van der Waals surface area contributed by atoms with Crippen LogP contribution in [0.2, 0.25) is 0 Å². The standard InChI is InChI=1S/C5H4N3O2.Na/c6-1-3-2-7-5(10)8-4(3)9;/h1H,6H2,(H,8,9,10);/q-1;+1/b3-1+;. The Morgan fingerprint density at radius 2 is 2.18 bits per heavy atom. The van der Waals surface area contributed by atoms with Crippen molar-refractivity contribution in [2.75, 3.05) is 0 Å². The van der Waals surface area contributed by atoms with E-state index >= 15 is 0 Å². The number of imide groups is 1. The maximum absolute atomic E-state index is 10.6. The molecule has 11 heavy (non-hydrogen) atoms. The van der Waals surface area contributed by atoms with Gasteiger partial charge in [0.1, 0.15) is 0 Å². The molecule has 0 aromatic rings. The van der Waals surface area contributed by atoms with Gasteiger partial charge in [-0.15, -0.1) is 0 Å². The van der Waals surface area contributed by atoms with Crippen molar-refractivity contribution in [3.05, 3.63) is 11.8 Å². The van der Waals surface area contributed by atoms with Crippen molar-refractivity contribution in [3.8, 4) is 0 Å². The molecule has 5 nitrogen and oxygen atoms in total. The number of amides is 3. The first-order valence-electron chi connectivity index (χ1n) is 2.48. The molecule has 0 saturated heterocycles. The third kappa shape index (κ3) is 2.45. The maximum Gasteiger partial charge on any atom is 1.00 e. The molecule has 1 rings (SSSR count). The van der Waals surface area contributed by atoms with E-state index in [4.69, 9.17) is 5.73 Å². The summed E-state index contributed by atoms with van der Waals surface area (Å²) in [5, 5.41) is 1.92. The number of carbonyl (C=O) groups excluding carboxylic acids is 2. The Morgan fingerprint density at radius 1 is 1.55 bits per heavy atom. The van der Waals surface area contributed by atoms with Crippen LogP contribution in [0.1, 0.15) is 0 Å². The van der Waals surface area contributed by atoms with E-state index in [0.717, 1.165) is 6.20 Å². The normalized spacial score (nSPS) is 19.5. The molecule has 3 amide bonds. The number of hydrogen-bond acceptors (Lipinski definition) is 3. The summed E-state index contributed by atoms with van der Waals surface area (Å²) in [6, 6.07) is -0.712. The molecule has 3 N–H and O–H groups in total. The van der Waals surface area contributed by atoms with Crippen LogP contribution in [0, 0.1) is 0 Å². The Kier molecular flexibility index (Phi) is 4.02. The van der Waals surface area contributed by atoms with Gasteiger partial charge in [-0.1, -0.05) is 11.8 Å². The predicted molar refractivity (Wildman–Crippen MR) is 33.2 cm³/mol. The molecule has 0 aromatic heterocycles. The second-order valence-corrected chi connectivity index (χ2v) is 1.56. The van der Waals surface area contributed by atoms with Gasteiger partial charge in [-0.25, -0.2) is 0 Å². The summed E-state index contributed by atoms with van der Waals surface area (Å²) in [6.45, 7) is 0. The van der Waals surface area contributed by atoms with Crippen LogP contribution < -0.4 is 40.6 Å². The summed E-state index contributed by atoms with van der Waals surface area (Å²) >= 11 is 0. The molecule has 1 heterocycles. The van der Waals surface area contributed by atoms with Gasteiger partial charge in [0.15, 0.2) is 5.91 Å². The minimum Gasteiger partial charge on any atom is -0.442 e. The topological polar surface area (TPSA) is 84.5 Å². The minimum atomic E-state index is -0.712. The molecule has 1 aliphatic heterocycles.